The molecule has 0 atom stereocenters. The zero-order valence-electron chi connectivity index (χ0n) is 9.34. The number of aryl methyl sites for hydroxylation is 1. The van der Waals surface area contributed by atoms with Crippen molar-refractivity contribution in [1.29, 1.82) is 0 Å². The SMILES string of the molecule is Cc1ccccc1Nc1cccc(C(=O)O)n1. The lowest BCUT2D eigenvalue weighted by Gasteiger charge is -2.08. The molecule has 0 saturated heterocycles. The minimum Gasteiger partial charge on any atom is -0.477 e. The molecular weight excluding hydrogens is 216 g/mol. The highest BCUT2D eigenvalue weighted by Gasteiger charge is 2.05. The summed E-state index contributed by atoms with van der Waals surface area (Å²) >= 11 is 0. The third-order valence-corrected chi connectivity index (χ3v) is 2.38. The summed E-state index contributed by atoms with van der Waals surface area (Å²) in [7, 11) is 0. The van der Waals surface area contributed by atoms with Crippen molar-refractivity contribution >= 4 is 17.5 Å². The van der Waals surface area contributed by atoms with Crippen molar-refractivity contribution in [1.82, 2.24) is 4.98 Å². The van der Waals surface area contributed by atoms with Gasteiger partial charge < -0.3 is 10.4 Å². The molecule has 0 aliphatic rings. The standard InChI is InChI=1S/C13H12N2O2/c1-9-5-2-3-6-10(9)14-12-8-4-7-11(15-12)13(16)17/h2-8H,1H3,(H,14,15)(H,16,17). The van der Waals surface area contributed by atoms with Crippen LogP contribution in [0.5, 0.6) is 0 Å². The Labute approximate surface area is 98.9 Å². The lowest BCUT2D eigenvalue weighted by Crippen LogP contribution is -2.03. The molecular formula is C13H12N2O2. The van der Waals surface area contributed by atoms with E-state index in [1.165, 1.54) is 6.07 Å². The molecule has 1 aromatic heterocycles. The van der Waals surface area contributed by atoms with Crippen molar-refractivity contribution < 1.29 is 9.90 Å². The van der Waals surface area contributed by atoms with Crippen LogP contribution < -0.4 is 5.32 Å². The third-order valence-electron chi connectivity index (χ3n) is 2.38. The number of rotatable bonds is 3. The summed E-state index contributed by atoms with van der Waals surface area (Å²) in [6.45, 7) is 1.98. The molecule has 0 radical (unpaired) electrons. The fourth-order valence-corrected chi connectivity index (χ4v) is 1.47. The number of aromatic carboxylic acids is 1. The molecule has 2 N–H and O–H groups in total. The number of anilines is 2. The number of pyridine rings is 1. The molecule has 17 heavy (non-hydrogen) atoms. The van der Waals surface area contributed by atoms with Crippen LogP contribution in [0.1, 0.15) is 16.1 Å². The lowest BCUT2D eigenvalue weighted by atomic mass is 10.2. The van der Waals surface area contributed by atoms with E-state index in [0.29, 0.717) is 5.82 Å². The normalized spacial score (nSPS) is 9.94. The molecule has 0 bridgehead atoms. The van der Waals surface area contributed by atoms with Crippen LogP contribution in [-0.2, 0) is 0 Å². The molecule has 0 unspecified atom stereocenters. The second-order valence-corrected chi connectivity index (χ2v) is 3.65. The summed E-state index contributed by atoms with van der Waals surface area (Å²) < 4.78 is 0. The van der Waals surface area contributed by atoms with Gasteiger partial charge in [-0.15, -0.1) is 0 Å². The van der Waals surface area contributed by atoms with E-state index in [9.17, 15) is 4.79 Å². The molecule has 4 heteroatoms. The van der Waals surface area contributed by atoms with Crippen LogP contribution in [0.2, 0.25) is 0 Å². The summed E-state index contributed by atoms with van der Waals surface area (Å²) in [6.07, 6.45) is 0. The summed E-state index contributed by atoms with van der Waals surface area (Å²) in [4.78, 5) is 14.8. The van der Waals surface area contributed by atoms with Crippen molar-refractivity contribution in [2.24, 2.45) is 0 Å². The van der Waals surface area contributed by atoms with Gasteiger partial charge in [-0.05, 0) is 30.7 Å². The molecule has 86 valence electrons. The van der Waals surface area contributed by atoms with Gasteiger partial charge in [-0.3, -0.25) is 0 Å². The van der Waals surface area contributed by atoms with Gasteiger partial charge in [0.05, 0.1) is 0 Å². The molecule has 2 rings (SSSR count). The topological polar surface area (TPSA) is 62.2 Å². The number of hydrogen-bond acceptors (Lipinski definition) is 3. The Bertz CT molecular complexity index is 553. The molecule has 0 amide bonds. The second kappa shape index (κ2) is 4.65. The Morgan fingerprint density at radius 3 is 2.65 bits per heavy atom. The summed E-state index contributed by atoms with van der Waals surface area (Å²) in [5.41, 5.74) is 2.03. The molecule has 0 aliphatic heterocycles. The molecule has 1 aromatic carbocycles. The first-order valence-electron chi connectivity index (χ1n) is 5.20. The van der Waals surface area contributed by atoms with Gasteiger partial charge in [0, 0.05) is 5.69 Å². The van der Waals surface area contributed by atoms with Crippen LogP contribution in [0.4, 0.5) is 11.5 Å². The number of carbonyl (C=O) groups is 1. The summed E-state index contributed by atoms with van der Waals surface area (Å²) in [6, 6.07) is 12.6. The minimum atomic E-state index is -1.03. The lowest BCUT2D eigenvalue weighted by molar-refractivity contribution is 0.0690. The maximum absolute atomic E-state index is 10.8. The minimum absolute atomic E-state index is 0.0311. The third kappa shape index (κ3) is 2.60. The van der Waals surface area contributed by atoms with Gasteiger partial charge in [-0.2, -0.15) is 0 Å². The largest absolute Gasteiger partial charge is 0.477 e. The van der Waals surface area contributed by atoms with Crippen LogP contribution in [-0.4, -0.2) is 16.1 Å². The van der Waals surface area contributed by atoms with Gasteiger partial charge >= 0.3 is 5.97 Å². The fraction of sp³-hybridized carbons (Fsp3) is 0.0769. The predicted octanol–water partition coefficient (Wildman–Crippen LogP) is 2.83. The molecule has 4 nitrogen and oxygen atoms in total. The van der Waals surface area contributed by atoms with Crippen LogP contribution in [0.25, 0.3) is 0 Å². The summed E-state index contributed by atoms with van der Waals surface area (Å²) in [5, 5.41) is 11.9. The van der Waals surface area contributed by atoms with Crippen LogP contribution in [0, 0.1) is 6.92 Å². The van der Waals surface area contributed by atoms with Crippen LogP contribution in [0.3, 0.4) is 0 Å². The molecule has 0 fully saturated rings. The average molecular weight is 228 g/mol. The highest BCUT2D eigenvalue weighted by molar-refractivity contribution is 5.85. The van der Waals surface area contributed by atoms with E-state index in [1.807, 2.05) is 31.2 Å². The zero-order chi connectivity index (χ0) is 12.3. The number of benzene rings is 1. The number of aromatic nitrogens is 1. The molecule has 0 spiro atoms. The van der Waals surface area contributed by atoms with E-state index in [4.69, 9.17) is 5.11 Å². The van der Waals surface area contributed by atoms with E-state index in [1.54, 1.807) is 12.1 Å². The fourth-order valence-electron chi connectivity index (χ4n) is 1.47. The van der Waals surface area contributed by atoms with E-state index >= 15 is 0 Å². The second-order valence-electron chi connectivity index (χ2n) is 3.65. The number of nitrogens with one attached hydrogen (secondary N) is 1. The Kier molecular flexibility index (Phi) is 3.05. The van der Waals surface area contributed by atoms with Crippen molar-refractivity contribution in [3.63, 3.8) is 0 Å². The Morgan fingerprint density at radius 1 is 1.18 bits per heavy atom. The number of carboxylic acids is 1. The van der Waals surface area contributed by atoms with Crippen molar-refractivity contribution in [3.8, 4) is 0 Å². The van der Waals surface area contributed by atoms with Gasteiger partial charge in [0.2, 0.25) is 0 Å². The highest BCUT2D eigenvalue weighted by Crippen LogP contribution is 2.18. The number of para-hydroxylation sites is 1. The molecule has 1 heterocycles. The van der Waals surface area contributed by atoms with Gasteiger partial charge in [0.25, 0.3) is 0 Å². The van der Waals surface area contributed by atoms with E-state index in [0.717, 1.165) is 11.3 Å². The Hall–Kier alpha value is -2.36. The number of hydrogen-bond donors (Lipinski definition) is 2. The monoisotopic (exact) mass is 228 g/mol. The van der Waals surface area contributed by atoms with Gasteiger partial charge in [-0.25, -0.2) is 9.78 Å². The predicted molar refractivity (Wildman–Crippen MR) is 65.7 cm³/mol. The number of nitrogens with zero attached hydrogens (tertiary/aromatic N) is 1. The van der Waals surface area contributed by atoms with Crippen LogP contribution in [0.15, 0.2) is 42.5 Å². The quantitative estimate of drug-likeness (QED) is 0.847. The van der Waals surface area contributed by atoms with Gasteiger partial charge in [0.15, 0.2) is 5.69 Å². The van der Waals surface area contributed by atoms with Gasteiger partial charge in [-0.1, -0.05) is 24.3 Å². The zero-order valence-corrected chi connectivity index (χ0v) is 9.34. The van der Waals surface area contributed by atoms with E-state index in [2.05, 4.69) is 10.3 Å². The van der Waals surface area contributed by atoms with E-state index < -0.39 is 5.97 Å². The molecule has 0 saturated carbocycles. The number of carboxylic acid groups (broad SMARTS) is 1. The smallest absolute Gasteiger partial charge is 0.354 e. The first-order valence-corrected chi connectivity index (χ1v) is 5.20. The first-order chi connectivity index (χ1) is 8.16. The average Bonchev–Trinajstić information content (AvgIpc) is 2.32. The van der Waals surface area contributed by atoms with Crippen molar-refractivity contribution in [2.75, 3.05) is 5.32 Å². The highest BCUT2D eigenvalue weighted by atomic mass is 16.4. The maximum Gasteiger partial charge on any atom is 0.354 e. The van der Waals surface area contributed by atoms with Gasteiger partial charge in [0.1, 0.15) is 5.82 Å². The van der Waals surface area contributed by atoms with Crippen LogP contribution >= 0.6 is 0 Å². The summed E-state index contributed by atoms with van der Waals surface area (Å²) in [5.74, 6) is -0.502. The Balaban J connectivity index is 2.28. The first kappa shape index (κ1) is 11.1. The Morgan fingerprint density at radius 2 is 1.94 bits per heavy atom. The molecule has 2 aromatic rings. The van der Waals surface area contributed by atoms with Crippen molar-refractivity contribution in [3.05, 3.63) is 53.7 Å². The van der Waals surface area contributed by atoms with Crippen molar-refractivity contribution in [2.45, 2.75) is 6.92 Å². The molecule has 0 aliphatic carbocycles. The maximum atomic E-state index is 10.8. The van der Waals surface area contributed by atoms with E-state index in [-0.39, 0.29) is 5.69 Å².